The van der Waals surface area contributed by atoms with Crippen molar-refractivity contribution in [1.82, 2.24) is 5.32 Å². The average Bonchev–Trinajstić information content (AvgIpc) is 2.55. The van der Waals surface area contributed by atoms with E-state index in [2.05, 4.69) is 5.32 Å². The summed E-state index contributed by atoms with van der Waals surface area (Å²) in [7, 11) is 0. The molecular weight excluding hydrogens is 313 g/mol. The van der Waals surface area contributed by atoms with Crippen LogP contribution in [-0.2, 0) is 4.79 Å². The normalized spacial score (nSPS) is 11.8. The van der Waals surface area contributed by atoms with Crippen LogP contribution in [0.3, 0.4) is 0 Å². The number of amides is 1. The molecule has 0 aliphatic rings. The highest BCUT2D eigenvalue weighted by molar-refractivity contribution is 8.00. The van der Waals surface area contributed by atoms with Crippen LogP contribution in [0.1, 0.15) is 25.5 Å². The van der Waals surface area contributed by atoms with Gasteiger partial charge in [0, 0.05) is 4.90 Å². The van der Waals surface area contributed by atoms with E-state index >= 15 is 0 Å². The molecule has 2 aromatic rings. The monoisotopic (exact) mass is 333 g/mol. The quantitative estimate of drug-likeness (QED) is 0.772. The van der Waals surface area contributed by atoms with E-state index in [0.29, 0.717) is 12.4 Å². The van der Waals surface area contributed by atoms with Gasteiger partial charge in [-0.1, -0.05) is 12.1 Å². The van der Waals surface area contributed by atoms with Gasteiger partial charge in [0.1, 0.15) is 11.6 Å². The standard InChI is InChI=1S/C18H20FNO2S/c1-3-22-16-8-10-17(11-9-16)23-12-18(21)20-13(2)14-4-6-15(19)7-5-14/h4-11,13H,3,12H2,1-2H3,(H,20,21). The molecule has 1 unspecified atom stereocenters. The van der Waals surface area contributed by atoms with Crippen LogP contribution in [0, 0.1) is 5.82 Å². The number of carbonyl (C=O) groups is 1. The predicted octanol–water partition coefficient (Wildman–Crippen LogP) is 4.19. The number of ether oxygens (including phenoxy) is 1. The summed E-state index contributed by atoms with van der Waals surface area (Å²) in [5.41, 5.74) is 0.880. The first-order valence-corrected chi connectivity index (χ1v) is 8.47. The SMILES string of the molecule is CCOc1ccc(SCC(=O)NC(C)c2ccc(F)cc2)cc1. The third kappa shape index (κ3) is 5.60. The maximum absolute atomic E-state index is 12.9. The molecule has 0 aromatic heterocycles. The fourth-order valence-corrected chi connectivity index (χ4v) is 2.78. The lowest BCUT2D eigenvalue weighted by Crippen LogP contribution is -2.28. The van der Waals surface area contributed by atoms with Crippen molar-refractivity contribution in [3.63, 3.8) is 0 Å². The van der Waals surface area contributed by atoms with E-state index < -0.39 is 0 Å². The lowest BCUT2D eigenvalue weighted by Gasteiger charge is -2.14. The minimum Gasteiger partial charge on any atom is -0.494 e. The van der Waals surface area contributed by atoms with Gasteiger partial charge in [-0.15, -0.1) is 11.8 Å². The van der Waals surface area contributed by atoms with Crippen molar-refractivity contribution < 1.29 is 13.9 Å². The second kappa shape index (κ2) is 8.58. The Hall–Kier alpha value is -2.01. The van der Waals surface area contributed by atoms with Crippen LogP contribution in [0.2, 0.25) is 0 Å². The van der Waals surface area contributed by atoms with Gasteiger partial charge in [-0.3, -0.25) is 4.79 Å². The third-order valence-corrected chi connectivity index (χ3v) is 4.26. The highest BCUT2D eigenvalue weighted by Crippen LogP contribution is 2.21. The van der Waals surface area contributed by atoms with Gasteiger partial charge in [-0.05, 0) is 55.8 Å². The Balaban J connectivity index is 1.81. The molecule has 2 aromatic carbocycles. The summed E-state index contributed by atoms with van der Waals surface area (Å²) >= 11 is 1.47. The number of hydrogen-bond acceptors (Lipinski definition) is 3. The lowest BCUT2D eigenvalue weighted by molar-refractivity contribution is -0.119. The highest BCUT2D eigenvalue weighted by Gasteiger charge is 2.10. The first-order valence-electron chi connectivity index (χ1n) is 7.49. The van der Waals surface area contributed by atoms with Crippen molar-refractivity contribution in [2.75, 3.05) is 12.4 Å². The molecule has 1 N–H and O–H groups in total. The van der Waals surface area contributed by atoms with E-state index in [1.807, 2.05) is 38.1 Å². The molecule has 0 saturated carbocycles. The lowest BCUT2D eigenvalue weighted by atomic mass is 10.1. The number of carbonyl (C=O) groups excluding carboxylic acids is 1. The minimum absolute atomic E-state index is 0.0549. The number of nitrogens with one attached hydrogen (secondary N) is 1. The molecule has 0 fully saturated rings. The van der Waals surface area contributed by atoms with Gasteiger partial charge >= 0.3 is 0 Å². The smallest absolute Gasteiger partial charge is 0.230 e. The summed E-state index contributed by atoms with van der Waals surface area (Å²) in [5, 5.41) is 2.91. The zero-order chi connectivity index (χ0) is 16.7. The highest BCUT2D eigenvalue weighted by atomic mass is 32.2. The topological polar surface area (TPSA) is 38.3 Å². The first kappa shape index (κ1) is 17.3. The van der Waals surface area contributed by atoms with Crippen LogP contribution >= 0.6 is 11.8 Å². The summed E-state index contributed by atoms with van der Waals surface area (Å²) in [6.45, 7) is 4.46. The second-order valence-corrected chi connectivity index (χ2v) is 6.08. The molecule has 0 aliphatic heterocycles. The van der Waals surface area contributed by atoms with Crippen LogP contribution in [0.4, 0.5) is 4.39 Å². The van der Waals surface area contributed by atoms with Crippen molar-refractivity contribution >= 4 is 17.7 Å². The molecule has 0 aliphatic carbocycles. The Kier molecular flexibility index (Phi) is 6.47. The molecule has 1 amide bonds. The number of halogens is 1. The van der Waals surface area contributed by atoms with Crippen molar-refractivity contribution in [2.45, 2.75) is 24.8 Å². The van der Waals surface area contributed by atoms with E-state index in [9.17, 15) is 9.18 Å². The van der Waals surface area contributed by atoms with Crippen LogP contribution in [0.5, 0.6) is 5.75 Å². The van der Waals surface area contributed by atoms with Crippen molar-refractivity contribution in [3.05, 3.63) is 59.9 Å². The first-order chi connectivity index (χ1) is 11.1. The summed E-state index contributed by atoms with van der Waals surface area (Å²) in [6, 6.07) is 13.7. The molecule has 0 heterocycles. The van der Waals surface area contributed by atoms with Gasteiger partial charge in [-0.2, -0.15) is 0 Å². The maximum Gasteiger partial charge on any atom is 0.230 e. The maximum atomic E-state index is 12.9. The molecular formula is C18H20FNO2S. The van der Waals surface area contributed by atoms with Crippen LogP contribution in [-0.4, -0.2) is 18.3 Å². The Morgan fingerprint density at radius 2 is 1.83 bits per heavy atom. The number of rotatable bonds is 7. The predicted molar refractivity (Wildman–Crippen MR) is 91.3 cm³/mol. The van der Waals surface area contributed by atoms with Gasteiger partial charge in [0.05, 0.1) is 18.4 Å². The number of benzene rings is 2. The van der Waals surface area contributed by atoms with E-state index in [1.165, 1.54) is 23.9 Å². The van der Waals surface area contributed by atoms with Gasteiger partial charge in [-0.25, -0.2) is 4.39 Å². The Morgan fingerprint density at radius 3 is 2.43 bits per heavy atom. The van der Waals surface area contributed by atoms with Crippen LogP contribution in [0.15, 0.2) is 53.4 Å². The van der Waals surface area contributed by atoms with Crippen molar-refractivity contribution in [1.29, 1.82) is 0 Å². The fourth-order valence-electron chi connectivity index (χ4n) is 2.07. The van der Waals surface area contributed by atoms with E-state index in [1.54, 1.807) is 12.1 Å². The molecule has 5 heteroatoms. The molecule has 23 heavy (non-hydrogen) atoms. The molecule has 0 saturated heterocycles. The van der Waals surface area contributed by atoms with Crippen molar-refractivity contribution in [3.8, 4) is 5.75 Å². The second-order valence-electron chi connectivity index (χ2n) is 5.03. The van der Waals surface area contributed by atoms with Crippen LogP contribution in [0.25, 0.3) is 0 Å². The Morgan fingerprint density at radius 1 is 1.17 bits per heavy atom. The average molecular weight is 333 g/mol. The zero-order valence-corrected chi connectivity index (χ0v) is 14.0. The summed E-state index contributed by atoms with van der Waals surface area (Å²) in [4.78, 5) is 13.0. The van der Waals surface area contributed by atoms with Gasteiger partial charge < -0.3 is 10.1 Å². The zero-order valence-electron chi connectivity index (χ0n) is 13.2. The third-order valence-electron chi connectivity index (χ3n) is 3.25. The van der Waals surface area contributed by atoms with E-state index in [-0.39, 0.29) is 17.8 Å². The van der Waals surface area contributed by atoms with Gasteiger partial charge in [0.2, 0.25) is 5.91 Å². The van der Waals surface area contributed by atoms with Gasteiger partial charge in [0.25, 0.3) is 0 Å². The molecule has 122 valence electrons. The fraction of sp³-hybridized carbons (Fsp3) is 0.278. The van der Waals surface area contributed by atoms with Crippen LogP contribution < -0.4 is 10.1 Å². The number of hydrogen-bond donors (Lipinski definition) is 1. The molecule has 1 atom stereocenters. The summed E-state index contributed by atoms with van der Waals surface area (Å²) in [6.07, 6.45) is 0. The molecule has 3 nitrogen and oxygen atoms in total. The molecule has 0 spiro atoms. The van der Waals surface area contributed by atoms with Crippen molar-refractivity contribution in [2.24, 2.45) is 0 Å². The number of thioether (sulfide) groups is 1. The Bertz CT molecular complexity index is 628. The summed E-state index contributed by atoms with van der Waals surface area (Å²) in [5.74, 6) is 0.824. The largest absolute Gasteiger partial charge is 0.494 e. The Labute approximate surface area is 140 Å². The minimum atomic E-state index is -0.279. The molecule has 2 rings (SSSR count). The summed E-state index contributed by atoms with van der Waals surface area (Å²) < 4.78 is 18.3. The molecule has 0 radical (unpaired) electrons. The van der Waals surface area contributed by atoms with Gasteiger partial charge in [0.15, 0.2) is 0 Å². The molecule has 0 bridgehead atoms. The van der Waals surface area contributed by atoms with E-state index in [4.69, 9.17) is 4.74 Å². The van der Waals surface area contributed by atoms with E-state index in [0.717, 1.165) is 16.2 Å².